The molecule has 74 valence electrons. The number of aliphatic carboxylic acids is 1. The molecule has 0 radical (unpaired) electrons. The number of hydrogen-bond acceptors (Lipinski definition) is 3. The average Bonchev–Trinajstić information content (AvgIpc) is 2.47. The maximum atomic E-state index is 11.3. The Bertz CT molecular complexity index is 217. The van der Waals surface area contributed by atoms with E-state index in [0.29, 0.717) is 6.54 Å². The van der Waals surface area contributed by atoms with Gasteiger partial charge in [-0.05, 0) is 12.5 Å². The highest BCUT2D eigenvalue weighted by molar-refractivity contribution is 5.83. The van der Waals surface area contributed by atoms with Crippen molar-refractivity contribution in [2.75, 3.05) is 19.6 Å². The van der Waals surface area contributed by atoms with E-state index in [1.54, 1.807) is 0 Å². The quantitative estimate of drug-likeness (QED) is 0.530. The Morgan fingerprint density at radius 1 is 1.54 bits per heavy atom. The van der Waals surface area contributed by atoms with E-state index in [1.165, 1.54) is 0 Å². The van der Waals surface area contributed by atoms with Crippen molar-refractivity contribution < 1.29 is 14.7 Å². The largest absolute Gasteiger partial charge is 0.480 e. The topological polar surface area (TPSA) is 78.4 Å². The van der Waals surface area contributed by atoms with Crippen LogP contribution in [0.4, 0.5) is 0 Å². The monoisotopic (exact) mass is 186 g/mol. The molecule has 0 unspecified atom stereocenters. The molecule has 1 saturated heterocycles. The molecule has 0 aromatic rings. The molecule has 5 heteroatoms. The predicted molar refractivity (Wildman–Crippen MR) is 46.2 cm³/mol. The molecule has 0 aliphatic carbocycles. The van der Waals surface area contributed by atoms with Gasteiger partial charge in [0.1, 0.15) is 6.54 Å². The molecule has 1 fully saturated rings. The fourth-order valence-electron chi connectivity index (χ4n) is 1.45. The third-order valence-corrected chi connectivity index (χ3v) is 2.27. The number of carboxylic acids is 1. The summed E-state index contributed by atoms with van der Waals surface area (Å²) >= 11 is 0. The smallest absolute Gasteiger partial charge is 0.322 e. The molecule has 1 heterocycles. The summed E-state index contributed by atoms with van der Waals surface area (Å²) < 4.78 is 0. The van der Waals surface area contributed by atoms with E-state index in [-0.39, 0.29) is 24.3 Å². The van der Waals surface area contributed by atoms with Crippen LogP contribution in [0.2, 0.25) is 0 Å². The Balaban J connectivity index is 2.34. The minimum Gasteiger partial charge on any atom is -0.480 e. The van der Waals surface area contributed by atoms with Crippen LogP contribution in [0.1, 0.15) is 6.92 Å². The second-order valence-electron chi connectivity index (χ2n) is 3.35. The molecule has 1 amide bonds. The number of nitrogens with one attached hydrogen (secondary N) is 2. The van der Waals surface area contributed by atoms with E-state index in [1.807, 2.05) is 6.92 Å². The molecule has 13 heavy (non-hydrogen) atoms. The van der Waals surface area contributed by atoms with Gasteiger partial charge >= 0.3 is 5.97 Å². The fourth-order valence-corrected chi connectivity index (χ4v) is 1.45. The van der Waals surface area contributed by atoms with Gasteiger partial charge in [-0.1, -0.05) is 6.92 Å². The molecule has 1 aliphatic heterocycles. The normalized spacial score (nSPS) is 27.2. The van der Waals surface area contributed by atoms with Gasteiger partial charge in [-0.15, -0.1) is 0 Å². The number of carbonyl (C=O) groups is 2. The maximum absolute atomic E-state index is 11.3. The van der Waals surface area contributed by atoms with Gasteiger partial charge in [0.05, 0.1) is 5.92 Å². The van der Waals surface area contributed by atoms with Crippen molar-refractivity contribution in [1.82, 2.24) is 10.6 Å². The van der Waals surface area contributed by atoms with E-state index < -0.39 is 5.97 Å². The van der Waals surface area contributed by atoms with E-state index in [0.717, 1.165) is 6.54 Å². The zero-order valence-corrected chi connectivity index (χ0v) is 7.54. The van der Waals surface area contributed by atoms with Crippen molar-refractivity contribution in [3.63, 3.8) is 0 Å². The van der Waals surface area contributed by atoms with Crippen LogP contribution >= 0.6 is 0 Å². The lowest BCUT2D eigenvalue weighted by Crippen LogP contribution is -2.37. The lowest BCUT2D eigenvalue weighted by molar-refractivity contribution is -0.138. The van der Waals surface area contributed by atoms with Crippen LogP contribution in [-0.4, -0.2) is 36.6 Å². The van der Waals surface area contributed by atoms with E-state index in [2.05, 4.69) is 10.6 Å². The molecule has 0 bridgehead atoms. The van der Waals surface area contributed by atoms with E-state index >= 15 is 0 Å². The Morgan fingerprint density at radius 2 is 2.23 bits per heavy atom. The zero-order valence-electron chi connectivity index (χ0n) is 7.54. The summed E-state index contributed by atoms with van der Waals surface area (Å²) in [5.74, 6) is -0.972. The van der Waals surface area contributed by atoms with Gasteiger partial charge in [-0.3, -0.25) is 9.59 Å². The molecule has 0 aromatic heterocycles. The first-order chi connectivity index (χ1) is 6.11. The predicted octanol–water partition coefficient (Wildman–Crippen LogP) is -0.957. The molecule has 1 rings (SSSR count). The molecular weight excluding hydrogens is 172 g/mol. The lowest BCUT2D eigenvalue weighted by Gasteiger charge is -2.12. The second-order valence-corrected chi connectivity index (χ2v) is 3.35. The number of carboxylic acid groups (broad SMARTS) is 1. The van der Waals surface area contributed by atoms with Crippen LogP contribution in [0.5, 0.6) is 0 Å². The van der Waals surface area contributed by atoms with Crippen LogP contribution in [0, 0.1) is 11.8 Å². The van der Waals surface area contributed by atoms with Gasteiger partial charge in [0.25, 0.3) is 0 Å². The average molecular weight is 186 g/mol. The summed E-state index contributed by atoms with van der Waals surface area (Å²) in [6.45, 7) is 3.16. The molecule has 3 N–H and O–H groups in total. The Labute approximate surface area is 76.5 Å². The van der Waals surface area contributed by atoms with Crippen molar-refractivity contribution in [2.45, 2.75) is 6.92 Å². The summed E-state index contributed by atoms with van der Waals surface area (Å²) in [6.07, 6.45) is 0. The number of amides is 1. The number of hydrogen-bond donors (Lipinski definition) is 3. The van der Waals surface area contributed by atoms with Crippen LogP contribution in [0.3, 0.4) is 0 Å². The highest BCUT2D eigenvalue weighted by Crippen LogP contribution is 2.15. The summed E-state index contributed by atoms with van der Waals surface area (Å²) in [6, 6.07) is 0. The van der Waals surface area contributed by atoms with Crippen molar-refractivity contribution >= 4 is 11.9 Å². The van der Waals surface area contributed by atoms with Crippen LogP contribution in [-0.2, 0) is 9.59 Å². The van der Waals surface area contributed by atoms with Gasteiger partial charge in [-0.25, -0.2) is 0 Å². The molecule has 5 nitrogen and oxygen atoms in total. The maximum Gasteiger partial charge on any atom is 0.322 e. The lowest BCUT2D eigenvalue weighted by atomic mass is 9.97. The molecule has 0 aromatic carbocycles. The summed E-state index contributed by atoms with van der Waals surface area (Å²) in [7, 11) is 0. The van der Waals surface area contributed by atoms with Crippen LogP contribution in [0.25, 0.3) is 0 Å². The number of carbonyl (C=O) groups excluding carboxylic acids is 1. The summed E-state index contributed by atoms with van der Waals surface area (Å²) in [5, 5.41) is 13.8. The third-order valence-electron chi connectivity index (χ3n) is 2.27. The summed E-state index contributed by atoms with van der Waals surface area (Å²) in [4.78, 5) is 21.5. The fraction of sp³-hybridized carbons (Fsp3) is 0.750. The van der Waals surface area contributed by atoms with Gasteiger partial charge in [0.15, 0.2) is 0 Å². The standard InChI is InChI=1S/C8H14N2O3/c1-5-2-9-3-6(5)8(13)10-4-7(11)12/h5-6,9H,2-4H2,1H3,(H,10,13)(H,11,12)/t5-,6-/m1/s1. The molecule has 0 saturated carbocycles. The highest BCUT2D eigenvalue weighted by atomic mass is 16.4. The Morgan fingerprint density at radius 3 is 2.69 bits per heavy atom. The minimum absolute atomic E-state index is 0.0839. The number of rotatable bonds is 3. The first-order valence-electron chi connectivity index (χ1n) is 4.31. The van der Waals surface area contributed by atoms with Gasteiger partial charge in [0.2, 0.25) is 5.91 Å². The van der Waals surface area contributed by atoms with E-state index in [9.17, 15) is 9.59 Å². The second kappa shape index (κ2) is 4.23. The van der Waals surface area contributed by atoms with Gasteiger partial charge in [-0.2, -0.15) is 0 Å². The van der Waals surface area contributed by atoms with Crippen molar-refractivity contribution in [1.29, 1.82) is 0 Å². The van der Waals surface area contributed by atoms with Gasteiger partial charge < -0.3 is 15.7 Å². The Kier molecular flexibility index (Phi) is 3.25. The SMILES string of the molecule is C[C@@H]1CNC[C@H]1C(=O)NCC(=O)O. The Hall–Kier alpha value is -1.10. The third kappa shape index (κ3) is 2.69. The molecule has 2 atom stereocenters. The summed E-state index contributed by atoms with van der Waals surface area (Å²) in [5.41, 5.74) is 0. The van der Waals surface area contributed by atoms with Crippen LogP contribution in [0.15, 0.2) is 0 Å². The molecule has 1 aliphatic rings. The van der Waals surface area contributed by atoms with Gasteiger partial charge in [0, 0.05) is 6.54 Å². The van der Waals surface area contributed by atoms with Crippen LogP contribution < -0.4 is 10.6 Å². The van der Waals surface area contributed by atoms with Crippen molar-refractivity contribution in [3.8, 4) is 0 Å². The van der Waals surface area contributed by atoms with Crippen molar-refractivity contribution in [2.24, 2.45) is 11.8 Å². The van der Waals surface area contributed by atoms with E-state index in [4.69, 9.17) is 5.11 Å². The first-order valence-corrected chi connectivity index (χ1v) is 4.31. The zero-order chi connectivity index (χ0) is 9.84. The molecular formula is C8H14N2O3. The van der Waals surface area contributed by atoms with Crippen molar-refractivity contribution in [3.05, 3.63) is 0 Å². The minimum atomic E-state index is -1.01. The highest BCUT2D eigenvalue weighted by Gasteiger charge is 2.29. The molecule has 0 spiro atoms. The first kappa shape index (κ1) is 9.98.